The average Bonchev–Trinajstić information content (AvgIpc) is 2.63. The maximum absolute atomic E-state index is 2.41. The summed E-state index contributed by atoms with van der Waals surface area (Å²) < 4.78 is 0. The van der Waals surface area contributed by atoms with E-state index in [0.717, 1.165) is 0 Å². The summed E-state index contributed by atoms with van der Waals surface area (Å²) >= 11 is 0. The summed E-state index contributed by atoms with van der Waals surface area (Å²) in [6.45, 7) is 4.58. The number of hydrogen-bond acceptors (Lipinski definition) is 0. The normalized spacial score (nSPS) is 11.4. The summed E-state index contributed by atoms with van der Waals surface area (Å²) in [4.78, 5) is 0. The van der Waals surface area contributed by atoms with E-state index >= 15 is 0 Å². The molecule has 0 atom stereocenters. The number of rotatable bonds is 8. The molecule has 0 amide bonds. The van der Waals surface area contributed by atoms with Crippen LogP contribution in [0.15, 0.2) is 48.5 Å². The molecule has 0 radical (unpaired) electrons. The molecular formula is C24H30. The Morgan fingerprint density at radius 3 is 2.08 bits per heavy atom. The van der Waals surface area contributed by atoms with Crippen molar-refractivity contribution in [1.82, 2.24) is 0 Å². The highest BCUT2D eigenvalue weighted by atomic mass is 14.1. The third kappa shape index (κ3) is 3.64. The molecule has 3 aromatic carbocycles. The van der Waals surface area contributed by atoms with E-state index in [-0.39, 0.29) is 0 Å². The van der Waals surface area contributed by atoms with Gasteiger partial charge < -0.3 is 0 Å². The van der Waals surface area contributed by atoms with Crippen LogP contribution in [0.5, 0.6) is 0 Å². The van der Waals surface area contributed by atoms with Crippen molar-refractivity contribution in [2.45, 2.75) is 65.2 Å². The molecule has 3 aromatic rings. The van der Waals surface area contributed by atoms with Gasteiger partial charge in [-0.2, -0.15) is 0 Å². The molecule has 0 aliphatic heterocycles. The summed E-state index contributed by atoms with van der Waals surface area (Å²) in [6, 6.07) is 18.2. The van der Waals surface area contributed by atoms with Gasteiger partial charge >= 0.3 is 0 Å². The van der Waals surface area contributed by atoms with Crippen LogP contribution in [0.3, 0.4) is 0 Å². The fourth-order valence-corrected chi connectivity index (χ4v) is 3.84. The van der Waals surface area contributed by atoms with Gasteiger partial charge in [-0.3, -0.25) is 0 Å². The third-order valence-corrected chi connectivity index (χ3v) is 5.21. The smallest absolute Gasteiger partial charge is 0.0102 e. The number of hydrogen-bond donors (Lipinski definition) is 0. The second-order valence-electron chi connectivity index (χ2n) is 7.00. The fraction of sp³-hybridized carbons (Fsp3) is 0.417. The average molecular weight is 319 g/mol. The van der Waals surface area contributed by atoms with Gasteiger partial charge in [0.1, 0.15) is 0 Å². The summed E-state index contributed by atoms with van der Waals surface area (Å²) in [5.41, 5.74) is 3.20. The Labute approximate surface area is 146 Å². The third-order valence-electron chi connectivity index (χ3n) is 5.21. The van der Waals surface area contributed by atoms with Crippen LogP contribution < -0.4 is 0 Å². The molecule has 0 aliphatic rings. The van der Waals surface area contributed by atoms with Gasteiger partial charge in [-0.15, -0.1) is 0 Å². The maximum atomic E-state index is 2.41. The summed E-state index contributed by atoms with van der Waals surface area (Å²) in [6.07, 6.45) is 10.3. The van der Waals surface area contributed by atoms with Gasteiger partial charge in [0.25, 0.3) is 0 Å². The van der Waals surface area contributed by atoms with Gasteiger partial charge in [-0.1, -0.05) is 88.1 Å². The van der Waals surface area contributed by atoms with Crippen molar-refractivity contribution in [3.05, 3.63) is 59.7 Å². The highest BCUT2D eigenvalue weighted by molar-refractivity contribution is 6.08. The molecule has 126 valence electrons. The Morgan fingerprint density at radius 2 is 1.29 bits per heavy atom. The fourth-order valence-electron chi connectivity index (χ4n) is 3.84. The molecule has 0 bridgehead atoms. The van der Waals surface area contributed by atoms with E-state index in [1.807, 2.05) is 0 Å². The Balaban J connectivity index is 2.06. The lowest BCUT2D eigenvalue weighted by atomic mass is 9.90. The topological polar surface area (TPSA) is 0 Å². The van der Waals surface area contributed by atoms with Gasteiger partial charge in [-0.25, -0.2) is 0 Å². The van der Waals surface area contributed by atoms with Gasteiger partial charge in [0.15, 0.2) is 0 Å². The Morgan fingerprint density at radius 1 is 0.583 bits per heavy atom. The minimum Gasteiger partial charge on any atom is -0.0654 e. The quantitative estimate of drug-likeness (QED) is 0.299. The summed E-state index contributed by atoms with van der Waals surface area (Å²) in [5, 5.41) is 5.66. The molecule has 0 heteroatoms. The zero-order valence-corrected chi connectivity index (χ0v) is 15.3. The zero-order valence-electron chi connectivity index (χ0n) is 15.3. The maximum Gasteiger partial charge on any atom is -0.0102 e. The van der Waals surface area contributed by atoms with Crippen LogP contribution in [0.4, 0.5) is 0 Å². The highest BCUT2D eigenvalue weighted by Gasteiger charge is 2.10. The molecule has 0 saturated carbocycles. The standard InChI is InChI=1S/C24H30/c1-3-5-7-11-19-15-17-24-22-14-10-9-12-20(22)16-18-23(24)21(19)13-8-6-4-2/h9-10,12,14-18H,3-8,11,13H2,1-2H3. The largest absolute Gasteiger partial charge is 0.0654 e. The van der Waals surface area contributed by atoms with E-state index in [1.54, 1.807) is 11.1 Å². The lowest BCUT2D eigenvalue weighted by molar-refractivity contribution is 0.696. The lowest BCUT2D eigenvalue weighted by Gasteiger charge is -2.15. The SMILES string of the molecule is CCCCCc1ccc2c(ccc3ccccc32)c1CCCCC. The highest BCUT2D eigenvalue weighted by Crippen LogP contribution is 2.31. The van der Waals surface area contributed by atoms with Crippen molar-refractivity contribution < 1.29 is 0 Å². The van der Waals surface area contributed by atoms with Crippen molar-refractivity contribution in [3.63, 3.8) is 0 Å². The second kappa shape index (κ2) is 8.33. The monoisotopic (exact) mass is 318 g/mol. The molecular weight excluding hydrogens is 288 g/mol. The van der Waals surface area contributed by atoms with Crippen LogP contribution in [0.25, 0.3) is 21.5 Å². The molecule has 0 spiro atoms. The van der Waals surface area contributed by atoms with Gasteiger partial charge in [0.05, 0.1) is 0 Å². The van der Waals surface area contributed by atoms with Crippen molar-refractivity contribution in [1.29, 1.82) is 0 Å². The molecule has 0 aromatic heterocycles. The predicted octanol–water partition coefficient (Wildman–Crippen LogP) is 7.46. The minimum atomic E-state index is 1.23. The number of aryl methyl sites for hydroxylation is 2. The molecule has 24 heavy (non-hydrogen) atoms. The van der Waals surface area contributed by atoms with Crippen LogP contribution in [0.2, 0.25) is 0 Å². The van der Waals surface area contributed by atoms with E-state index in [2.05, 4.69) is 62.4 Å². The lowest BCUT2D eigenvalue weighted by Crippen LogP contribution is -1.97. The predicted molar refractivity (Wildman–Crippen MR) is 108 cm³/mol. The van der Waals surface area contributed by atoms with E-state index in [9.17, 15) is 0 Å². The van der Waals surface area contributed by atoms with Crippen LogP contribution in [0, 0.1) is 0 Å². The van der Waals surface area contributed by atoms with Crippen molar-refractivity contribution in [2.24, 2.45) is 0 Å². The number of benzene rings is 3. The van der Waals surface area contributed by atoms with E-state index in [0.29, 0.717) is 0 Å². The van der Waals surface area contributed by atoms with E-state index < -0.39 is 0 Å². The molecule has 0 N–H and O–H groups in total. The van der Waals surface area contributed by atoms with Crippen LogP contribution in [-0.4, -0.2) is 0 Å². The van der Waals surface area contributed by atoms with Crippen molar-refractivity contribution >= 4 is 21.5 Å². The zero-order chi connectivity index (χ0) is 16.8. The Kier molecular flexibility index (Phi) is 5.91. The van der Waals surface area contributed by atoms with Gasteiger partial charge in [0.2, 0.25) is 0 Å². The number of unbranched alkanes of at least 4 members (excludes halogenated alkanes) is 4. The summed E-state index contributed by atoms with van der Waals surface area (Å²) in [7, 11) is 0. The van der Waals surface area contributed by atoms with Gasteiger partial charge in [-0.05, 0) is 58.4 Å². The van der Waals surface area contributed by atoms with Crippen LogP contribution in [0.1, 0.15) is 63.5 Å². The van der Waals surface area contributed by atoms with Crippen LogP contribution >= 0.6 is 0 Å². The first-order valence-corrected chi connectivity index (χ1v) is 9.77. The molecule has 0 fully saturated rings. The Hall–Kier alpha value is -1.82. The molecule has 0 aliphatic carbocycles. The minimum absolute atomic E-state index is 1.23. The van der Waals surface area contributed by atoms with E-state index in [4.69, 9.17) is 0 Å². The van der Waals surface area contributed by atoms with Crippen LogP contribution in [-0.2, 0) is 12.8 Å². The molecule has 3 rings (SSSR count). The molecule has 0 unspecified atom stereocenters. The first kappa shape index (κ1) is 17.0. The summed E-state index contributed by atoms with van der Waals surface area (Å²) in [5.74, 6) is 0. The Bertz CT molecular complexity index is 798. The molecule has 0 nitrogen and oxygen atoms in total. The molecule has 0 saturated heterocycles. The van der Waals surface area contributed by atoms with Gasteiger partial charge in [0, 0.05) is 0 Å². The number of fused-ring (bicyclic) bond motifs is 3. The first-order valence-electron chi connectivity index (χ1n) is 9.77. The van der Waals surface area contributed by atoms with Crippen molar-refractivity contribution in [3.8, 4) is 0 Å². The second-order valence-corrected chi connectivity index (χ2v) is 7.00. The van der Waals surface area contributed by atoms with E-state index in [1.165, 1.54) is 72.9 Å². The van der Waals surface area contributed by atoms with Crippen molar-refractivity contribution in [2.75, 3.05) is 0 Å². The first-order chi connectivity index (χ1) is 11.8. The molecule has 0 heterocycles.